The zero-order chi connectivity index (χ0) is 39.1. The van der Waals surface area contributed by atoms with E-state index in [4.69, 9.17) is 11.1 Å². The fourth-order valence-corrected chi connectivity index (χ4v) is 5.86. The number of phenols is 1. The average molecular weight is 739 g/mol. The van der Waals surface area contributed by atoms with Crippen molar-refractivity contribution in [1.29, 1.82) is 5.41 Å². The van der Waals surface area contributed by atoms with E-state index in [1.807, 2.05) is 0 Å². The van der Waals surface area contributed by atoms with Gasteiger partial charge in [-0.1, -0.05) is 42.5 Å². The first kappa shape index (κ1) is 41.2. The van der Waals surface area contributed by atoms with Crippen molar-refractivity contribution < 1.29 is 48.9 Å². The number of carboxylic acid groups (broad SMARTS) is 2. The molecule has 0 aromatic heterocycles. The lowest BCUT2D eigenvalue weighted by atomic mass is 10.0. The third-order valence-electron chi connectivity index (χ3n) is 8.42. The van der Waals surface area contributed by atoms with Gasteiger partial charge in [0.15, 0.2) is 5.96 Å². The van der Waals surface area contributed by atoms with Crippen LogP contribution in [0.2, 0.25) is 0 Å². The maximum Gasteiger partial charge on any atom is 0.326 e. The summed E-state index contributed by atoms with van der Waals surface area (Å²) in [5, 5.41) is 48.8. The van der Waals surface area contributed by atoms with Crippen LogP contribution in [0.3, 0.4) is 0 Å². The molecule has 3 rings (SSSR count). The van der Waals surface area contributed by atoms with Gasteiger partial charge >= 0.3 is 11.9 Å². The molecule has 2 aromatic rings. The molecule has 286 valence electrons. The number of phenolic OH excluding ortho intramolecular Hbond substituents is 1. The van der Waals surface area contributed by atoms with Crippen molar-refractivity contribution in [3.8, 4) is 5.75 Å². The molecule has 5 atom stereocenters. The third kappa shape index (κ3) is 13.5. The van der Waals surface area contributed by atoms with Gasteiger partial charge in [-0.25, -0.2) is 4.79 Å². The van der Waals surface area contributed by atoms with Crippen LogP contribution in [-0.4, -0.2) is 111 Å². The van der Waals surface area contributed by atoms with E-state index in [0.717, 1.165) is 0 Å². The molecule has 11 N–H and O–H groups in total. The van der Waals surface area contributed by atoms with Gasteiger partial charge in [0, 0.05) is 32.9 Å². The minimum Gasteiger partial charge on any atom is -0.508 e. The number of hydrogen-bond acceptors (Lipinski definition) is 9. The molecular weight excluding hydrogens is 692 g/mol. The van der Waals surface area contributed by atoms with Crippen LogP contribution in [0.1, 0.15) is 50.2 Å². The van der Waals surface area contributed by atoms with Crippen LogP contribution in [0.15, 0.2) is 54.6 Å². The summed E-state index contributed by atoms with van der Waals surface area (Å²) in [6.07, 6.45) is -0.0382. The first-order valence-electron chi connectivity index (χ1n) is 17.0. The van der Waals surface area contributed by atoms with Crippen molar-refractivity contribution in [3.05, 3.63) is 65.7 Å². The van der Waals surface area contributed by atoms with Crippen LogP contribution in [0, 0.1) is 5.41 Å². The van der Waals surface area contributed by atoms with E-state index >= 15 is 0 Å². The summed E-state index contributed by atoms with van der Waals surface area (Å²) >= 11 is 0. The lowest BCUT2D eigenvalue weighted by Gasteiger charge is -2.30. The molecule has 0 unspecified atom stereocenters. The topological polar surface area (TPSA) is 293 Å². The van der Waals surface area contributed by atoms with Crippen molar-refractivity contribution in [1.82, 2.24) is 31.5 Å². The Morgan fingerprint density at radius 1 is 0.830 bits per heavy atom. The Morgan fingerprint density at radius 3 is 2.04 bits per heavy atom. The molecule has 0 saturated carbocycles. The molecule has 1 aliphatic heterocycles. The van der Waals surface area contributed by atoms with Crippen molar-refractivity contribution in [2.45, 2.75) is 82.1 Å². The maximum absolute atomic E-state index is 13.6. The molecule has 1 aliphatic rings. The summed E-state index contributed by atoms with van der Waals surface area (Å²) in [4.78, 5) is 91.5. The van der Waals surface area contributed by atoms with Crippen molar-refractivity contribution in [3.63, 3.8) is 0 Å². The molecule has 1 heterocycles. The summed E-state index contributed by atoms with van der Waals surface area (Å²) in [5.41, 5.74) is 6.38. The Kier molecular flexibility index (Phi) is 15.6. The van der Waals surface area contributed by atoms with Crippen molar-refractivity contribution in [2.75, 3.05) is 13.1 Å². The molecule has 1 fully saturated rings. The monoisotopic (exact) mass is 738 g/mol. The van der Waals surface area contributed by atoms with Gasteiger partial charge in [0.25, 0.3) is 0 Å². The van der Waals surface area contributed by atoms with E-state index in [1.54, 1.807) is 30.3 Å². The van der Waals surface area contributed by atoms with E-state index in [2.05, 4.69) is 26.6 Å². The molecule has 1 saturated heterocycles. The van der Waals surface area contributed by atoms with Crippen LogP contribution in [0.5, 0.6) is 5.75 Å². The van der Waals surface area contributed by atoms with Crippen molar-refractivity contribution >= 4 is 47.4 Å². The highest BCUT2D eigenvalue weighted by atomic mass is 16.4. The van der Waals surface area contributed by atoms with Crippen LogP contribution >= 0.6 is 0 Å². The van der Waals surface area contributed by atoms with E-state index in [9.17, 15) is 48.9 Å². The Morgan fingerprint density at radius 2 is 1.43 bits per heavy atom. The second kappa shape index (κ2) is 20.0. The highest BCUT2D eigenvalue weighted by Gasteiger charge is 2.39. The third-order valence-corrected chi connectivity index (χ3v) is 8.42. The minimum absolute atomic E-state index is 0.0324. The number of hydrogen-bond donors (Lipinski definition) is 10. The molecule has 2 aromatic carbocycles. The number of aromatic hydroxyl groups is 1. The van der Waals surface area contributed by atoms with Gasteiger partial charge in [-0.15, -0.1) is 0 Å². The Balaban J connectivity index is 1.78. The fraction of sp³-hybridized carbons (Fsp3) is 0.429. The number of nitrogens with one attached hydrogen (secondary N) is 6. The van der Waals surface area contributed by atoms with Gasteiger partial charge in [-0.2, -0.15) is 0 Å². The second-order valence-corrected chi connectivity index (χ2v) is 12.6. The molecule has 5 amide bonds. The van der Waals surface area contributed by atoms with Crippen LogP contribution in [0.4, 0.5) is 0 Å². The Labute approximate surface area is 305 Å². The minimum atomic E-state index is -1.69. The number of aliphatic carboxylic acids is 2. The van der Waals surface area contributed by atoms with Gasteiger partial charge in [-0.05, 0) is 48.9 Å². The quantitative estimate of drug-likeness (QED) is 0.0469. The first-order valence-corrected chi connectivity index (χ1v) is 17.0. The highest BCUT2D eigenvalue weighted by molar-refractivity contribution is 5.97. The summed E-state index contributed by atoms with van der Waals surface area (Å²) in [5.74, 6) is -6.88. The standard InChI is InChI=1S/C35H46N8O10/c1-20(44)39-24(9-5-15-38-35(36)37)33(51)43-16-6-10-28(43)32(50)41-26(19-29(46)47)31(49)40-25(17-21-7-3-2-4-8-21)30(48)42-27(34(52)53)18-22-11-13-23(45)14-12-22/h2-4,7-8,11-14,24-28,45H,5-6,9-10,15-19H2,1H3,(H,39,44)(H,40,49)(H,41,50)(H,42,48)(H,46,47)(H,52,53)(H4,36,37,38)/t24-,25-,26-,27-,28-/m0/s1. The smallest absolute Gasteiger partial charge is 0.326 e. The van der Waals surface area contributed by atoms with E-state index in [-0.39, 0.29) is 50.5 Å². The molecule has 18 nitrogen and oxygen atoms in total. The predicted molar refractivity (Wildman–Crippen MR) is 189 cm³/mol. The molecule has 0 bridgehead atoms. The number of rotatable bonds is 19. The number of guanidine groups is 1. The first-order chi connectivity index (χ1) is 25.1. The van der Waals surface area contributed by atoms with Gasteiger partial charge < -0.3 is 52.5 Å². The van der Waals surface area contributed by atoms with Crippen LogP contribution in [-0.2, 0) is 46.4 Å². The number of carbonyl (C=O) groups is 7. The van der Waals surface area contributed by atoms with Gasteiger partial charge in [0.2, 0.25) is 29.5 Å². The van der Waals surface area contributed by atoms with E-state index < -0.39 is 78.1 Å². The zero-order valence-electron chi connectivity index (χ0n) is 29.2. The lowest BCUT2D eigenvalue weighted by Crippen LogP contribution is -2.59. The summed E-state index contributed by atoms with van der Waals surface area (Å²) in [6.45, 7) is 1.65. The zero-order valence-corrected chi connectivity index (χ0v) is 29.2. The molecule has 18 heteroatoms. The number of nitrogens with zero attached hydrogens (tertiary/aromatic N) is 1. The average Bonchev–Trinajstić information content (AvgIpc) is 3.59. The normalized spacial score (nSPS) is 15.9. The maximum atomic E-state index is 13.6. The van der Waals surface area contributed by atoms with Crippen molar-refractivity contribution in [2.24, 2.45) is 5.73 Å². The highest BCUT2D eigenvalue weighted by Crippen LogP contribution is 2.20. The van der Waals surface area contributed by atoms with Crippen LogP contribution in [0.25, 0.3) is 0 Å². The molecule has 0 radical (unpaired) electrons. The number of amides is 5. The number of carboxylic acids is 2. The number of carbonyl (C=O) groups excluding carboxylic acids is 5. The summed E-state index contributed by atoms with van der Waals surface area (Å²) < 4.78 is 0. The van der Waals surface area contributed by atoms with Gasteiger partial charge in [0.1, 0.15) is 36.0 Å². The van der Waals surface area contributed by atoms with Gasteiger partial charge in [0.05, 0.1) is 6.42 Å². The number of likely N-dealkylation sites (tertiary alicyclic amines) is 1. The molecule has 0 spiro atoms. The Hall–Kier alpha value is -6.20. The Bertz CT molecular complexity index is 1640. The lowest BCUT2D eigenvalue weighted by molar-refractivity contribution is -0.144. The number of nitrogens with two attached hydrogens (primary N) is 1. The second-order valence-electron chi connectivity index (χ2n) is 12.6. The summed E-state index contributed by atoms with van der Waals surface area (Å²) in [6, 6.07) is 7.54. The van der Waals surface area contributed by atoms with Crippen LogP contribution < -0.4 is 32.3 Å². The molecular formula is C35H46N8O10. The SMILES string of the molecule is CC(=O)N[C@@H](CCCNC(=N)N)C(=O)N1CCC[C@H]1C(=O)N[C@@H](CC(=O)O)C(=O)N[C@@H](Cc1ccccc1)C(=O)N[C@@H](Cc1ccc(O)cc1)C(=O)O. The molecule has 0 aliphatic carbocycles. The van der Waals surface area contributed by atoms with E-state index in [1.165, 1.54) is 36.1 Å². The van der Waals surface area contributed by atoms with Gasteiger partial charge in [-0.3, -0.25) is 34.2 Å². The van der Waals surface area contributed by atoms with E-state index in [0.29, 0.717) is 24.0 Å². The largest absolute Gasteiger partial charge is 0.508 e. The predicted octanol–water partition coefficient (Wildman–Crippen LogP) is -1.05. The molecule has 53 heavy (non-hydrogen) atoms. The summed E-state index contributed by atoms with van der Waals surface area (Å²) in [7, 11) is 0. The number of benzene rings is 2. The fourth-order valence-electron chi connectivity index (χ4n) is 5.86.